The Bertz CT molecular complexity index is 1010. The molecule has 1 amide bonds. The average molecular weight is 443 g/mol. The highest BCUT2D eigenvalue weighted by molar-refractivity contribution is 7.92. The van der Waals surface area contributed by atoms with Gasteiger partial charge in [-0.05, 0) is 60.7 Å². The molecule has 9 heteroatoms. The number of carbonyl (C=O) groups excluding carboxylic acids is 1. The van der Waals surface area contributed by atoms with Crippen LogP contribution in [0.2, 0.25) is 10.0 Å². The number of aryl methyl sites for hydroxylation is 1. The molecule has 0 spiro atoms. The molecule has 0 aromatic heterocycles. The molecule has 150 valence electrons. The van der Waals surface area contributed by atoms with E-state index in [4.69, 9.17) is 39.4 Å². The molecule has 0 aliphatic heterocycles. The number of hydrogen-bond donors (Lipinski definition) is 2. The number of ether oxygens (including phenoxy) is 1. The molecule has 0 bridgehead atoms. The van der Waals surface area contributed by atoms with Gasteiger partial charge < -0.3 is 16.2 Å². The van der Waals surface area contributed by atoms with E-state index in [0.717, 1.165) is 24.0 Å². The van der Waals surface area contributed by atoms with Crippen molar-refractivity contribution in [2.45, 2.75) is 35.4 Å². The molecule has 3 rings (SSSR count). The summed E-state index contributed by atoms with van der Waals surface area (Å²) in [7, 11) is -3.81. The number of halogens is 2. The van der Waals surface area contributed by atoms with Gasteiger partial charge in [-0.2, -0.15) is 0 Å². The van der Waals surface area contributed by atoms with E-state index in [1.165, 1.54) is 18.2 Å². The Morgan fingerprint density at radius 1 is 1.18 bits per heavy atom. The van der Waals surface area contributed by atoms with Crippen molar-refractivity contribution in [3.05, 3.63) is 57.6 Å². The molecule has 0 saturated carbocycles. The third kappa shape index (κ3) is 4.27. The summed E-state index contributed by atoms with van der Waals surface area (Å²) in [4.78, 5) is 10.9. The number of rotatable bonds is 6. The summed E-state index contributed by atoms with van der Waals surface area (Å²) in [6.07, 6.45) is 2.22. The number of fused-ring (bicyclic) bond motifs is 1. The first-order chi connectivity index (χ1) is 13.2. The van der Waals surface area contributed by atoms with E-state index in [-0.39, 0.29) is 27.5 Å². The molecule has 1 aliphatic carbocycles. The number of hydrogen-bond acceptors (Lipinski definition) is 5. The van der Waals surface area contributed by atoms with E-state index in [1.54, 1.807) is 12.1 Å². The quantitative estimate of drug-likeness (QED) is 0.713. The van der Waals surface area contributed by atoms with Crippen molar-refractivity contribution in [1.82, 2.24) is 0 Å². The second-order valence-electron chi connectivity index (χ2n) is 6.70. The number of sulfone groups is 1. The topological polar surface area (TPSA) is 112 Å². The van der Waals surface area contributed by atoms with Crippen molar-refractivity contribution in [2.75, 3.05) is 6.61 Å². The van der Waals surface area contributed by atoms with E-state index in [1.807, 2.05) is 6.07 Å². The molecular weight excluding hydrogens is 423 g/mol. The van der Waals surface area contributed by atoms with E-state index < -0.39 is 21.1 Å². The van der Waals surface area contributed by atoms with Crippen LogP contribution in [0.4, 0.5) is 0 Å². The normalized spacial score (nSPS) is 17.6. The molecular formula is C19H20Cl2N2O4S. The maximum atomic E-state index is 13.0. The van der Waals surface area contributed by atoms with Gasteiger partial charge in [-0.3, -0.25) is 4.79 Å². The minimum Gasteiger partial charge on any atom is -0.484 e. The van der Waals surface area contributed by atoms with Gasteiger partial charge in [0.1, 0.15) is 11.1 Å². The Morgan fingerprint density at radius 3 is 2.61 bits per heavy atom. The summed E-state index contributed by atoms with van der Waals surface area (Å²) in [5.41, 5.74) is 13.2. The van der Waals surface area contributed by atoms with Crippen LogP contribution in [0, 0.1) is 0 Å². The van der Waals surface area contributed by atoms with Crippen LogP contribution in [0.5, 0.6) is 5.75 Å². The molecule has 4 N–H and O–H groups in total. The smallest absolute Gasteiger partial charge is 0.255 e. The standard InChI is InChI=1S/C19H20Cl2N2O4S/c20-16-7-5-13(9-17(16)21)28(25,26)19(23)15-3-1-2-11-8-12(4-6-14(11)15)27-10-18(22)24/h4-9,15,19H,1-3,10,23H2,(H2,22,24). The lowest BCUT2D eigenvalue weighted by molar-refractivity contribution is -0.119. The minimum absolute atomic E-state index is 0.0444. The molecule has 2 atom stereocenters. The summed E-state index contributed by atoms with van der Waals surface area (Å²) < 4.78 is 31.4. The molecule has 0 fully saturated rings. The van der Waals surface area contributed by atoms with Crippen LogP contribution in [-0.2, 0) is 21.1 Å². The van der Waals surface area contributed by atoms with E-state index in [9.17, 15) is 13.2 Å². The van der Waals surface area contributed by atoms with Crippen molar-refractivity contribution < 1.29 is 17.9 Å². The number of amides is 1. The first-order valence-electron chi connectivity index (χ1n) is 8.68. The van der Waals surface area contributed by atoms with E-state index in [2.05, 4.69) is 0 Å². The van der Waals surface area contributed by atoms with Gasteiger partial charge in [-0.25, -0.2) is 8.42 Å². The van der Waals surface area contributed by atoms with Crippen molar-refractivity contribution >= 4 is 38.9 Å². The van der Waals surface area contributed by atoms with E-state index >= 15 is 0 Å². The Morgan fingerprint density at radius 2 is 1.93 bits per heavy atom. The van der Waals surface area contributed by atoms with Crippen molar-refractivity contribution in [2.24, 2.45) is 11.5 Å². The fourth-order valence-corrected chi connectivity index (χ4v) is 5.37. The second-order valence-corrected chi connectivity index (χ2v) is 9.62. The lowest BCUT2D eigenvalue weighted by Gasteiger charge is -2.30. The number of nitrogens with two attached hydrogens (primary N) is 2. The highest BCUT2D eigenvalue weighted by Crippen LogP contribution is 2.38. The molecule has 0 radical (unpaired) electrons. The van der Waals surface area contributed by atoms with Gasteiger partial charge in [0.05, 0.1) is 14.9 Å². The molecule has 1 aliphatic rings. The second kappa shape index (κ2) is 8.29. The summed E-state index contributed by atoms with van der Waals surface area (Å²) >= 11 is 11.9. The largest absolute Gasteiger partial charge is 0.484 e. The highest BCUT2D eigenvalue weighted by Gasteiger charge is 2.35. The molecule has 28 heavy (non-hydrogen) atoms. The molecule has 0 heterocycles. The SMILES string of the molecule is NC(=O)COc1ccc2c(c1)CCCC2C(N)S(=O)(=O)c1ccc(Cl)c(Cl)c1. The first kappa shape index (κ1) is 20.9. The predicted octanol–water partition coefficient (Wildman–Crippen LogP) is 3.04. The lowest BCUT2D eigenvalue weighted by Crippen LogP contribution is -2.38. The summed E-state index contributed by atoms with van der Waals surface area (Å²) in [6.45, 7) is -0.215. The monoisotopic (exact) mass is 442 g/mol. The Hall–Kier alpha value is -1.80. The molecule has 0 saturated heterocycles. The number of carbonyl (C=O) groups is 1. The fraction of sp³-hybridized carbons (Fsp3) is 0.316. The van der Waals surface area contributed by atoms with Gasteiger partial charge in [0, 0.05) is 5.92 Å². The van der Waals surface area contributed by atoms with Crippen LogP contribution in [0.1, 0.15) is 29.9 Å². The maximum Gasteiger partial charge on any atom is 0.255 e. The van der Waals surface area contributed by atoms with Crippen LogP contribution < -0.4 is 16.2 Å². The fourth-order valence-electron chi connectivity index (χ4n) is 3.44. The maximum absolute atomic E-state index is 13.0. The van der Waals surface area contributed by atoms with Crippen LogP contribution >= 0.6 is 23.2 Å². The Balaban J connectivity index is 1.90. The van der Waals surface area contributed by atoms with Crippen LogP contribution in [0.15, 0.2) is 41.3 Å². The summed E-state index contributed by atoms with van der Waals surface area (Å²) in [5.74, 6) is -0.419. The first-order valence-corrected chi connectivity index (χ1v) is 11.0. The molecule has 2 aromatic carbocycles. The third-order valence-electron chi connectivity index (χ3n) is 4.83. The van der Waals surface area contributed by atoms with Crippen LogP contribution in [0.3, 0.4) is 0 Å². The zero-order chi connectivity index (χ0) is 20.5. The van der Waals surface area contributed by atoms with Gasteiger partial charge >= 0.3 is 0 Å². The van der Waals surface area contributed by atoms with Crippen LogP contribution in [-0.4, -0.2) is 26.3 Å². The summed E-state index contributed by atoms with van der Waals surface area (Å²) in [6, 6.07) is 9.49. The zero-order valence-electron chi connectivity index (χ0n) is 14.9. The van der Waals surface area contributed by atoms with Gasteiger partial charge in [-0.15, -0.1) is 0 Å². The van der Waals surface area contributed by atoms with Crippen molar-refractivity contribution in [3.8, 4) is 5.75 Å². The number of primary amides is 1. The van der Waals surface area contributed by atoms with Crippen LogP contribution in [0.25, 0.3) is 0 Å². The van der Waals surface area contributed by atoms with Gasteiger partial charge in [0.15, 0.2) is 16.4 Å². The Labute approximate surface area is 173 Å². The molecule has 2 unspecified atom stereocenters. The highest BCUT2D eigenvalue weighted by atomic mass is 35.5. The van der Waals surface area contributed by atoms with Gasteiger partial charge in [0.25, 0.3) is 5.91 Å². The van der Waals surface area contributed by atoms with Gasteiger partial charge in [0.2, 0.25) is 0 Å². The lowest BCUT2D eigenvalue weighted by atomic mass is 9.82. The predicted molar refractivity (Wildman–Crippen MR) is 108 cm³/mol. The minimum atomic E-state index is -3.81. The average Bonchev–Trinajstić information content (AvgIpc) is 2.67. The van der Waals surface area contributed by atoms with Crippen molar-refractivity contribution in [3.63, 3.8) is 0 Å². The molecule has 2 aromatic rings. The van der Waals surface area contributed by atoms with Gasteiger partial charge in [-0.1, -0.05) is 29.3 Å². The third-order valence-corrected chi connectivity index (χ3v) is 7.53. The Kier molecular flexibility index (Phi) is 6.19. The van der Waals surface area contributed by atoms with Crippen molar-refractivity contribution in [1.29, 1.82) is 0 Å². The zero-order valence-corrected chi connectivity index (χ0v) is 17.2. The summed E-state index contributed by atoms with van der Waals surface area (Å²) in [5, 5.41) is -0.683. The van der Waals surface area contributed by atoms with E-state index in [0.29, 0.717) is 12.2 Å². The number of benzene rings is 2. The molecule has 6 nitrogen and oxygen atoms in total.